The first-order chi connectivity index (χ1) is 10.7. The number of nitrogens with one attached hydrogen (secondary N) is 1. The fourth-order valence-electron chi connectivity index (χ4n) is 2.72. The topological polar surface area (TPSA) is 64.9 Å². The van der Waals surface area contributed by atoms with E-state index in [1.54, 1.807) is 6.92 Å². The van der Waals surface area contributed by atoms with Gasteiger partial charge in [-0.25, -0.2) is 9.78 Å². The van der Waals surface area contributed by atoms with E-state index in [0.717, 1.165) is 30.0 Å². The molecule has 1 unspecified atom stereocenters. The zero-order chi connectivity index (χ0) is 15.5. The van der Waals surface area contributed by atoms with Gasteiger partial charge in [0, 0.05) is 25.7 Å². The van der Waals surface area contributed by atoms with Crippen molar-refractivity contribution >= 4 is 11.6 Å². The summed E-state index contributed by atoms with van der Waals surface area (Å²) in [6, 6.07) is 3.97. The number of carbonyl (C=O) groups is 1. The van der Waals surface area contributed by atoms with Crippen molar-refractivity contribution in [1.29, 1.82) is 0 Å². The lowest BCUT2D eigenvalue weighted by Gasteiger charge is -2.23. The predicted molar refractivity (Wildman–Crippen MR) is 82.2 cm³/mol. The number of imidazole rings is 1. The fourth-order valence-corrected chi connectivity index (χ4v) is 2.72. The Hall–Kier alpha value is -1.92. The lowest BCUT2D eigenvalue weighted by molar-refractivity contribution is 0.0280. The molecule has 2 aromatic rings. The first-order valence-corrected chi connectivity index (χ1v) is 7.66. The van der Waals surface area contributed by atoms with Crippen molar-refractivity contribution in [2.75, 3.05) is 26.3 Å². The van der Waals surface area contributed by atoms with Gasteiger partial charge >= 0.3 is 5.97 Å². The van der Waals surface area contributed by atoms with Crippen LogP contribution in [0.4, 0.5) is 0 Å². The Morgan fingerprint density at radius 2 is 2.45 bits per heavy atom. The van der Waals surface area contributed by atoms with Crippen LogP contribution >= 0.6 is 0 Å². The molecule has 0 amide bonds. The van der Waals surface area contributed by atoms with E-state index in [1.807, 2.05) is 29.7 Å². The molecule has 1 fully saturated rings. The summed E-state index contributed by atoms with van der Waals surface area (Å²) in [6.45, 7) is 6.48. The van der Waals surface area contributed by atoms with Crippen molar-refractivity contribution in [3.8, 4) is 0 Å². The zero-order valence-electron chi connectivity index (χ0n) is 13.0. The van der Waals surface area contributed by atoms with E-state index in [4.69, 9.17) is 9.47 Å². The van der Waals surface area contributed by atoms with Gasteiger partial charge in [-0.05, 0) is 31.5 Å². The van der Waals surface area contributed by atoms with Crippen LogP contribution in [-0.2, 0) is 15.9 Å². The summed E-state index contributed by atoms with van der Waals surface area (Å²) in [4.78, 5) is 16.7. The van der Waals surface area contributed by atoms with Gasteiger partial charge in [0.1, 0.15) is 5.65 Å². The standard InChI is InChI=1S/C16H21N3O3/c1-3-21-16(20)15-13(9-12-10-17-5-7-22-12)19-6-4-11(2)8-14(19)18-15/h4,6,8,12,17H,3,5,7,9-10H2,1-2H3. The fraction of sp³-hybridized carbons (Fsp3) is 0.500. The van der Waals surface area contributed by atoms with E-state index in [-0.39, 0.29) is 12.1 Å². The van der Waals surface area contributed by atoms with Gasteiger partial charge < -0.3 is 19.2 Å². The molecule has 1 N–H and O–H groups in total. The smallest absolute Gasteiger partial charge is 0.358 e. The highest BCUT2D eigenvalue weighted by atomic mass is 16.5. The minimum absolute atomic E-state index is 0.0446. The molecule has 3 heterocycles. The Morgan fingerprint density at radius 3 is 3.18 bits per heavy atom. The number of hydrogen-bond donors (Lipinski definition) is 1. The number of fused-ring (bicyclic) bond motifs is 1. The molecule has 6 heteroatoms. The highest BCUT2D eigenvalue weighted by molar-refractivity contribution is 5.89. The maximum atomic E-state index is 12.2. The van der Waals surface area contributed by atoms with E-state index in [9.17, 15) is 4.79 Å². The van der Waals surface area contributed by atoms with Gasteiger partial charge in [0.15, 0.2) is 5.69 Å². The van der Waals surface area contributed by atoms with Crippen molar-refractivity contribution in [2.24, 2.45) is 0 Å². The molecule has 0 spiro atoms. The number of hydrogen-bond acceptors (Lipinski definition) is 5. The lowest BCUT2D eigenvalue weighted by Crippen LogP contribution is -2.40. The third-order valence-electron chi connectivity index (χ3n) is 3.77. The van der Waals surface area contributed by atoms with E-state index in [0.29, 0.717) is 25.3 Å². The Labute approximate surface area is 129 Å². The molecular weight excluding hydrogens is 282 g/mol. The number of esters is 1. The average Bonchev–Trinajstić information content (AvgIpc) is 2.86. The third-order valence-corrected chi connectivity index (χ3v) is 3.77. The van der Waals surface area contributed by atoms with Crippen molar-refractivity contribution in [3.63, 3.8) is 0 Å². The van der Waals surface area contributed by atoms with Gasteiger partial charge in [-0.3, -0.25) is 0 Å². The largest absolute Gasteiger partial charge is 0.461 e. The second-order valence-electron chi connectivity index (χ2n) is 5.46. The van der Waals surface area contributed by atoms with Crippen molar-refractivity contribution in [2.45, 2.75) is 26.4 Å². The molecule has 1 atom stereocenters. The first-order valence-electron chi connectivity index (χ1n) is 7.66. The van der Waals surface area contributed by atoms with E-state index >= 15 is 0 Å². The van der Waals surface area contributed by atoms with Crippen LogP contribution in [0.2, 0.25) is 0 Å². The van der Waals surface area contributed by atoms with E-state index in [1.165, 1.54) is 0 Å². The number of ether oxygens (including phenoxy) is 2. The molecule has 0 saturated carbocycles. The number of aryl methyl sites for hydroxylation is 1. The monoisotopic (exact) mass is 303 g/mol. The van der Waals surface area contributed by atoms with Crippen LogP contribution in [0, 0.1) is 6.92 Å². The quantitative estimate of drug-likeness (QED) is 0.864. The van der Waals surface area contributed by atoms with Crippen molar-refractivity contribution < 1.29 is 14.3 Å². The summed E-state index contributed by atoms with van der Waals surface area (Å²) >= 11 is 0. The normalized spacial score (nSPS) is 18.5. The number of morpholine rings is 1. The van der Waals surface area contributed by atoms with E-state index in [2.05, 4.69) is 10.3 Å². The molecule has 6 nitrogen and oxygen atoms in total. The molecule has 0 aromatic carbocycles. The Kier molecular flexibility index (Phi) is 4.40. The second kappa shape index (κ2) is 6.46. The van der Waals surface area contributed by atoms with Crippen LogP contribution in [0.25, 0.3) is 5.65 Å². The molecule has 0 bridgehead atoms. The van der Waals surface area contributed by atoms with Crippen molar-refractivity contribution in [3.05, 3.63) is 35.3 Å². The number of rotatable bonds is 4. The molecular formula is C16H21N3O3. The lowest BCUT2D eigenvalue weighted by atomic mass is 10.1. The number of carbonyl (C=O) groups excluding carboxylic acids is 1. The molecule has 0 radical (unpaired) electrons. The summed E-state index contributed by atoms with van der Waals surface area (Å²) in [5.74, 6) is -0.373. The number of nitrogens with zero attached hydrogens (tertiary/aromatic N) is 2. The average molecular weight is 303 g/mol. The molecule has 118 valence electrons. The predicted octanol–water partition coefficient (Wildman–Crippen LogP) is 1.35. The van der Waals surface area contributed by atoms with Crippen molar-refractivity contribution in [1.82, 2.24) is 14.7 Å². The Morgan fingerprint density at radius 1 is 1.59 bits per heavy atom. The molecule has 3 rings (SSSR count). The minimum Gasteiger partial charge on any atom is -0.461 e. The highest BCUT2D eigenvalue weighted by Gasteiger charge is 2.24. The highest BCUT2D eigenvalue weighted by Crippen LogP contribution is 2.18. The molecule has 2 aromatic heterocycles. The summed E-state index contributed by atoms with van der Waals surface area (Å²) in [6.07, 6.45) is 2.63. The first kappa shape index (κ1) is 15.0. The molecule has 1 saturated heterocycles. The van der Waals surface area contributed by atoms with Gasteiger partial charge in [-0.2, -0.15) is 0 Å². The molecule has 0 aliphatic carbocycles. The van der Waals surface area contributed by atoms with Crippen LogP contribution < -0.4 is 5.32 Å². The number of pyridine rings is 1. The summed E-state index contributed by atoms with van der Waals surface area (Å²) in [7, 11) is 0. The summed E-state index contributed by atoms with van der Waals surface area (Å²) in [5.41, 5.74) is 3.11. The van der Waals surface area contributed by atoms with E-state index < -0.39 is 0 Å². The van der Waals surface area contributed by atoms with Crippen LogP contribution in [-0.4, -0.2) is 47.8 Å². The SMILES string of the molecule is CCOC(=O)c1nc2cc(C)ccn2c1CC1CNCCO1. The molecule has 1 aliphatic heterocycles. The summed E-state index contributed by atoms with van der Waals surface area (Å²) < 4.78 is 12.9. The van der Waals surface area contributed by atoms with Gasteiger partial charge in [-0.1, -0.05) is 0 Å². The second-order valence-corrected chi connectivity index (χ2v) is 5.46. The van der Waals surface area contributed by atoms with Crippen LogP contribution in [0.15, 0.2) is 18.3 Å². The molecule has 22 heavy (non-hydrogen) atoms. The van der Waals surface area contributed by atoms with Crippen LogP contribution in [0.3, 0.4) is 0 Å². The van der Waals surface area contributed by atoms with Gasteiger partial charge in [0.05, 0.1) is 25.0 Å². The maximum Gasteiger partial charge on any atom is 0.358 e. The Balaban J connectivity index is 1.99. The molecule has 1 aliphatic rings. The van der Waals surface area contributed by atoms with Gasteiger partial charge in [-0.15, -0.1) is 0 Å². The third kappa shape index (κ3) is 2.98. The Bertz CT molecular complexity index is 675. The maximum absolute atomic E-state index is 12.2. The van der Waals surface area contributed by atoms with Gasteiger partial charge in [0.25, 0.3) is 0 Å². The summed E-state index contributed by atoms with van der Waals surface area (Å²) in [5, 5.41) is 3.31. The van der Waals surface area contributed by atoms with Crippen LogP contribution in [0.5, 0.6) is 0 Å². The number of aromatic nitrogens is 2. The zero-order valence-corrected chi connectivity index (χ0v) is 13.0. The van der Waals surface area contributed by atoms with Gasteiger partial charge in [0.2, 0.25) is 0 Å². The minimum atomic E-state index is -0.373. The van der Waals surface area contributed by atoms with Crippen LogP contribution in [0.1, 0.15) is 28.7 Å².